The molecule has 4 rings (SSSR count). The molecule has 0 atom stereocenters. The number of carbonyl (C=O) groups excluding carboxylic acids is 1. The van der Waals surface area contributed by atoms with Crippen LogP contribution in [0.25, 0.3) is 11.2 Å². The summed E-state index contributed by atoms with van der Waals surface area (Å²) in [5.74, 6) is -0.194. The Bertz CT molecular complexity index is 1030. The second-order valence-corrected chi connectivity index (χ2v) is 7.27. The molecule has 1 aliphatic rings. The average Bonchev–Trinajstić information content (AvgIpc) is 2.77. The van der Waals surface area contributed by atoms with Gasteiger partial charge in [0.1, 0.15) is 5.52 Å². The number of anilines is 1. The predicted molar refractivity (Wildman–Crippen MR) is 106 cm³/mol. The van der Waals surface area contributed by atoms with Gasteiger partial charge in [-0.1, -0.05) is 12.1 Å². The number of nitrogens with zero attached hydrogens (tertiary/aromatic N) is 4. The molecule has 9 heteroatoms. The average molecular weight is 415 g/mol. The zero-order valence-corrected chi connectivity index (χ0v) is 16.1. The highest BCUT2D eigenvalue weighted by atomic mass is 19.4. The number of pyridine rings is 1. The predicted octanol–water partition coefficient (Wildman–Crippen LogP) is 3.58. The first kappa shape index (κ1) is 20.1. The number of halogens is 3. The van der Waals surface area contributed by atoms with E-state index in [0.717, 1.165) is 23.3 Å². The van der Waals surface area contributed by atoms with Gasteiger partial charge in [0.25, 0.3) is 0 Å². The molecule has 2 aromatic heterocycles. The Morgan fingerprint density at radius 2 is 1.77 bits per heavy atom. The Kier molecular flexibility index (Phi) is 5.52. The minimum Gasteiger partial charge on any atom is -0.370 e. The molecule has 1 aromatic carbocycles. The van der Waals surface area contributed by atoms with Crippen LogP contribution in [0, 0.1) is 5.92 Å². The molecule has 0 unspecified atom stereocenters. The number of fused-ring (bicyclic) bond motifs is 1. The van der Waals surface area contributed by atoms with E-state index in [1.807, 2.05) is 6.07 Å². The first-order valence-electron chi connectivity index (χ1n) is 9.66. The minimum atomic E-state index is -4.36. The summed E-state index contributed by atoms with van der Waals surface area (Å²) < 4.78 is 37.9. The van der Waals surface area contributed by atoms with E-state index in [-0.39, 0.29) is 18.4 Å². The molecule has 1 saturated heterocycles. The van der Waals surface area contributed by atoms with Crippen LogP contribution >= 0.6 is 0 Å². The van der Waals surface area contributed by atoms with E-state index < -0.39 is 11.7 Å². The standard InChI is InChI=1S/C21H20F3N5O/c22-21(23,24)16-3-1-14(2-4-16)12-28-20(30)15-5-9-29(10-6-15)17-11-18-19(27-13-17)26-8-7-25-18/h1-4,7-8,11,13,15H,5-6,9-10,12H2,(H,28,30). The van der Waals surface area contributed by atoms with E-state index in [9.17, 15) is 18.0 Å². The summed E-state index contributed by atoms with van der Waals surface area (Å²) in [6.07, 6.45) is 2.02. The third kappa shape index (κ3) is 4.50. The van der Waals surface area contributed by atoms with Crippen LogP contribution in [0.3, 0.4) is 0 Å². The summed E-state index contributed by atoms with van der Waals surface area (Å²) in [6.45, 7) is 1.64. The number of benzene rings is 1. The molecule has 0 saturated carbocycles. The number of amides is 1. The fourth-order valence-electron chi connectivity index (χ4n) is 3.57. The molecule has 0 aliphatic carbocycles. The number of aromatic nitrogens is 3. The van der Waals surface area contributed by atoms with E-state index in [1.54, 1.807) is 18.6 Å². The Morgan fingerprint density at radius 3 is 2.47 bits per heavy atom. The zero-order valence-electron chi connectivity index (χ0n) is 16.1. The van der Waals surface area contributed by atoms with Gasteiger partial charge in [-0.2, -0.15) is 13.2 Å². The van der Waals surface area contributed by atoms with E-state index in [2.05, 4.69) is 25.2 Å². The molecule has 3 heterocycles. The molecule has 3 aromatic rings. The highest BCUT2D eigenvalue weighted by Gasteiger charge is 2.30. The van der Waals surface area contributed by atoms with E-state index >= 15 is 0 Å². The molecule has 156 valence electrons. The molecule has 0 spiro atoms. The number of rotatable bonds is 4. The number of piperidine rings is 1. The molecule has 0 bridgehead atoms. The number of hydrogen-bond acceptors (Lipinski definition) is 5. The molecule has 30 heavy (non-hydrogen) atoms. The Balaban J connectivity index is 1.29. The van der Waals surface area contributed by atoms with Crippen molar-refractivity contribution in [3.63, 3.8) is 0 Å². The van der Waals surface area contributed by atoms with Crippen LogP contribution in [0.4, 0.5) is 18.9 Å². The lowest BCUT2D eigenvalue weighted by molar-refractivity contribution is -0.137. The lowest BCUT2D eigenvalue weighted by Crippen LogP contribution is -2.40. The second kappa shape index (κ2) is 8.25. The molecule has 6 nitrogen and oxygen atoms in total. The van der Waals surface area contributed by atoms with Crippen LogP contribution in [0.5, 0.6) is 0 Å². The van der Waals surface area contributed by atoms with Gasteiger partial charge in [-0.25, -0.2) is 9.97 Å². The summed E-state index contributed by atoms with van der Waals surface area (Å²) >= 11 is 0. The zero-order chi connectivity index (χ0) is 21.1. The quantitative estimate of drug-likeness (QED) is 0.705. The Hall–Kier alpha value is -3.23. The molecular weight excluding hydrogens is 395 g/mol. The maximum atomic E-state index is 12.6. The van der Waals surface area contributed by atoms with E-state index in [1.165, 1.54) is 12.1 Å². The number of alkyl halides is 3. The molecule has 1 aliphatic heterocycles. The monoisotopic (exact) mass is 415 g/mol. The highest BCUT2D eigenvalue weighted by molar-refractivity contribution is 5.79. The largest absolute Gasteiger partial charge is 0.416 e. The van der Waals surface area contributed by atoms with Crippen LogP contribution in [0.1, 0.15) is 24.0 Å². The fourth-order valence-corrected chi connectivity index (χ4v) is 3.57. The molecule has 1 N–H and O–H groups in total. The van der Waals surface area contributed by atoms with Crippen LogP contribution in [0.15, 0.2) is 48.9 Å². The van der Waals surface area contributed by atoms with Crippen molar-refractivity contribution in [2.45, 2.75) is 25.6 Å². The van der Waals surface area contributed by atoms with Crippen LogP contribution < -0.4 is 10.2 Å². The SMILES string of the molecule is O=C(NCc1ccc(C(F)(F)F)cc1)C1CCN(c2cnc3nccnc3c2)CC1. The van der Waals surface area contributed by atoms with Gasteiger partial charge >= 0.3 is 6.18 Å². The van der Waals surface area contributed by atoms with Crippen LogP contribution in [-0.2, 0) is 17.5 Å². The number of carbonyl (C=O) groups is 1. The normalized spacial score (nSPS) is 15.4. The van der Waals surface area contributed by atoms with Gasteiger partial charge in [0.2, 0.25) is 5.91 Å². The first-order chi connectivity index (χ1) is 14.4. The summed E-state index contributed by atoms with van der Waals surface area (Å²) in [5, 5.41) is 2.84. The first-order valence-corrected chi connectivity index (χ1v) is 9.66. The third-order valence-electron chi connectivity index (χ3n) is 5.29. The number of hydrogen-bond donors (Lipinski definition) is 1. The van der Waals surface area contributed by atoms with Crippen molar-refractivity contribution < 1.29 is 18.0 Å². The summed E-state index contributed by atoms with van der Waals surface area (Å²) in [4.78, 5) is 27.4. The van der Waals surface area contributed by atoms with E-state index in [0.29, 0.717) is 37.1 Å². The molecular formula is C21H20F3N5O. The molecule has 0 radical (unpaired) electrons. The molecule has 1 amide bonds. The van der Waals surface area contributed by atoms with Crippen molar-refractivity contribution in [2.75, 3.05) is 18.0 Å². The van der Waals surface area contributed by atoms with Gasteiger partial charge in [-0.3, -0.25) is 9.78 Å². The van der Waals surface area contributed by atoms with Crippen molar-refractivity contribution >= 4 is 22.8 Å². The van der Waals surface area contributed by atoms with Gasteiger partial charge < -0.3 is 10.2 Å². The maximum absolute atomic E-state index is 12.6. The lowest BCUT2D eigenvalue weighted by atomic mass is 9.95. The second-order valence-electron chi connectivity index (χ2n) is 7.27. The molecule has 1 fully saturated rings. The van der Waals surface area contributed by atoms with Gasteiger partial charge in [0, 0.05) is 37.9 Å². The Labute approximate surface area is 171 Å². The van der Waals surface area contributed by atoms with Crippen molar-refractivity contribution in [1.82, 2.24) is 20.3 Å². The van der Waals surface area contributed by atoms with Gasteiger partial charge in [0.05, 0.1) is 17.4 Å². The van der Waals surface area contributed by atoms with Gasteiger partial charge in [0.15, 0.2) is 5.65 Å². The topological polar surface area (TPSA) is 71.0 Å². The van der Waals surface area contributed by atoms with E-state index in [4.69, 9.17) is 0 Å². The van der Waals surface area contributed by atoms with Crippen molar-refractivity contribution in [1.29, 1.82) is 0 Å². The summed E-state index contributed by atoms with van der Waals surface area (Å²) in [6, 6.07) is 6.78. The van der Waals surface area contributed by atoms with Crippen molar-refractivity contribution in [2.24, 2.45) is 5.92 Å². The van der Waals surface area contributed by atoms with Crippen molar-refractivity contribution in [3.8, 4) is 0 Å². The fraction of sp³-hybridized carbons (Fsp3) is 0.333. The minimum absolute atomic E-state index is 0.0722. The number of nitrogens with one attached hydrogen (secondary N) is 1. The third-order valence-corrected chi connectivity index (χ3v) is 5.29. The van der Waals surface area contributed by atoms with Crippen LogP contribution in [0.2, 0.25) is 0 Å². The summed E-state index contributed by atoms with van der Waals surface area (Å²) in [7, 11) is 0. The lowest BCUT2D eigenvalue weighted by Gasteiger charge is -2.32. The Morgan fingerprint density at radius 1 is 1.07 bits per heavy atom. The van der Waals surface area contributed by atoms with Gasteiger partial charge in [-0.15, -0.1) is 0 Å². The highest BCUT2D eigenvalue weighted by Crippen LogP contribution is 2.29. The maximum Gasteiger partial charge on any atom is 0.416 e. The smallest absolute Gasteiger partial charge is 0.370 e. The van der Waals surface area contributed by atoms with Gasteiger partial charge in [-0.05, 0) is 36.6 Å². The van der Waals surface area contributed by atoms with Crippen molar-refractivity contribution in [3.05, 3.63) is 60.0 Å². The van der Waals surface area contributed by atoms with Crippen LogP contribution in [-0.4, -0.2) is 33.9 Å². The summed E-state index contributed by atoms with van der Waals surface area (Å²) in [5.41, 5.74) is 2.22.